The summed E-state index contributed by atoms with van der Waals surface area (Å²) in [6.45, 7) is -0.994. The summed E-state index contributed by atoms with van der Waals surface area (Å²) in [5.41, 5.74) is 0.848. The number of aromatic amines is 1. The first-order valence-electron chi connectivity index (χ1n) is 12.2. The highest BCUT2D eigenvalue weighted by molar-refractivity contribution is 5.82. The molecule has 2 saturated heterocycles. The standard InChI is InChI=1S/C25H26F5N5O2/c26-18-4-1-3-17(21(18)27)15-6-7-20(23(36)34(13-15)14-25(28,29)30)33-11-8-16(9-12-33)35-19-5-2-10-31-22(19)32-24(35)37/h1-5,10,15-16,20H,6-9,11-14H2,(H,31,32,37). The molecule has 7 nitrogen and oxygen atoms in total. The Morgan fingerprint density at radius 3 is 2.49 bits per heavy atom. The highest BCUT2D eigenvalue weighted by Crippen LogP contribution is 2.34. The number of carbonyl (C=O) groups excluding carboxylic acids is 1. The van der Waals surface area contributed by atoms with Crippen LogP contribution in [0.15, 0.2) is 41.3 Å². The number of H-pyrrole nitrogens is 1. The molecule has 5 rings (SSSR count). The number of aromatic nitrogens is 3. The summed E-state index contributed by atoms with van der Waals surface area (Å²) < 4.78 is 70.1. The zero-order chi connectivity index (χ0) is 26.3. The maximum absolute atomic E-state index is 14.5. The molecule has 0 spiro atoms. The third-order valence-electron chi connectivity index (χ3n) is 7.41. The van der Waals surface area contributed by atoms with Crippen molar-refractivity contribution in [1.82, 2.24) is 24.3 Å². The summed E-state index contributed by atoms with van der Waals surface area (Å²) in [4.78, 5) is 35.4. The Morgan fingerprint density at radius 1 is 1.00 bits per heavy atom. The van der Waals surface area contributed by atoms with Crippen LogP contribution in [0.4, 0.5) is 22.0 Å². The summed E-state index contributed by atoms with van der Waals surface area (Å²) in [6, 6.07) is 6.20. The van der Waals surface area contributed by atoms with Gasteiger partial charge in [0.25, 0.3) is 0 Å². The Hall–Kier alpha value is -3.28. The molecular formula is C25H26F5N5O2. The van der Waals surface area contributed by atoms with Crippen LogP contribution in [0.5, 0.6) is 0 Å². The lowest BCUT2D eigenvalue weighted by molar-refractivity contribution is -0.164. The van der Waals surface area contributed by atoms with E-state index in [-0.39, 0.29) is 36.7 Å². The predicted molar refractivity (Wildman–Crippen MR) is 125 cm³/mol. The van der Waals surface area contributed by atoms with E-state index >= 15 is 0 Å². The minimum atomic E-state index is -4.63. The quantitative estimate of drug-likeness (QED) is 0.526. The number of likely N-dealkylation sites (tertiary alicyclic amines) is 2. The fourth-order valence-corrected chi connectivity index (χ4v) is 5.70. The van der Waals surface area contributed by atoms with Crippen LogP contribution in [0.3, 0.4) is 0 Å². The minimum Gasteiger partial charge on any atom is -0.332 e. The molecule has 4 heterocycles. The van der Waals surface area contributed by atoms with E-state index in [0.717, 1.165) is 11.0 Å². The Kier molecular flexibility index (Phi) is 6.78. The van der Waals surface area contributed by atoms with Crippen LogP contribution in [0, 0.1) is 11.6 Å². The van der Waals surface area contributed by atoms with Gasteiger partial charge >= 0.3 is 11.9 Å². The second kappa shape index (κ2) is 9.88. The first kappa shape index (κ1) is 25.4. The third kappa shape index (κ3) is 5.11. The van der Waals surface area contributed by atoms with Crippen LogP contribution < -0.4 is 5.69 Å². The second-order valence-corrected chi connectivity index (χ2v) is 9.71. The van der Waals surface area contributed by atoms with Gasteiger partial charge in [-0.2, -0.15) is 13.2 Å². The molecule has 12 heteroatoms. The molecule has 1 aromatic carbocycles. The summed E-state index contributed by atoms with van der Waals surface area (Å²) in [7, 11) is 0. The zero-order valence-electron chi connectivity index (χ0n) is 19.8. The monoisotopic (exact) mass is 523 g/mol. The summed E-state index contributed by atoms with van der Waals surface area (Å²) in [5, 5.41) is 0. The number of nitrogens with one attached hydrogen (secondary N) is 1. The molecule has 2 atom stereocenters. The summed E-state index contributed by atoms with van der Waals surface area (Å²) in [5.74, 6) is -3.59. The van der Waals surface area contributed by atoms with E-state index in [2.05, 4.69) is 9.97 Å². The lowest BCUT2D eigenvalue weighted by Crippen LogP contribution is -2.52. The largest absolute Gasteiger partial charge is 0.406 e. The molecule has 1 N–H and O–H groups in total. The lowest BCUT2D eigenvalue weighted by Gasteiger charge is -2.38. The second-order valence-electron chi connectivity index (χ2n) is 9.71. The van der Waals surface area contributed by atoms with Gasteiger partial charge < -0.3 is 4.90 Å². The Bertz CT molecular complexity index is 1350. The molecule has 0 radical (unpaired) electrons. The average Bonchev–Trinajstić information content (AvgIpc) is 3.11. The number of carbonyl (C=O) groups is 1. The van der Waals surface area contributed by atoms with E-state index < -0.39 is 42.2 Å². The number of fused-ring (bicyclic) bond motifs is 1. The number of hydrogen-bond donors (Lipinski definition) is 1. The van der Waals surface area contributed by atoms with E-state index in [9.17, 15) is 31.5 Å². The highest BCUT2D eigenvalue weighted by atomic mass is 19.4. The molecule has 198 valence electrons. The third-order valence-corrected chi connectivity index (χ3v) is 7.41. The van der Waals surface area contributed by atoms with Gasteiger partial charge in [0.1, 0.15) is 6.54 Å². The Balaban J connectivity index is 1.36. The minimum absolute atomic E-state index is 0.0216. The molecule has 2 unspecified atom stereocenters. The molecule has 0 bridgehead atoms. The Morgan fingerprint density at radius 2 is 1.76 bits per heavy atom. The lowest BCUT2D eigenvalue weighted by atomic mass is 9.92. The van der Waals surface area contributed by atoms with E-state index in [4.69, 9.17) is 0 Å². The van der Waals surface area contributed by atoms with Crippen molar-refractivity contribution in [3.8, 4) is 0 Å². The summed E-state index contributed by atoms with van der Waals surface area (Å²) in [6.07, 6.45) is -1.56. The smallest absolute Gasteiger partial charge is 0.332 e. The van der Waals surface area contributed by atoms with Crippen LogP contribution in [0.1, 0.15) is 43.2 Å². The number of benzene rings is 1. The predicted octanol–water partition coefficient (Wildman–Crippen LogP) is 3.98. The van der Waals surface area contributed by atoms with Crippen molar-refractivity contribution in [2.24, 2.45) is 0 Å². The number of alkyl halides is 3. The van der Waals surface area contributed by atoms with Gasteiger partial charge in [0.2, 0.25) is 5.91 Å². The molecule has 2 fully saturated rings. The highest BCUT2D eigenvalue weighted by Gasteiger charge is 2.42. The van der Waals surface area contributed by atoms with Gasteiger partial charge in [0, 0.05) is 37.8 Å². The number of amides is 1. The number of nitrogens with zero attached hydrogens (tertiary/aromatic N) is 4. The van der Waals surface area contributed by atoms with Gasteiger partial charge in [0.05, 0.1) is 11.6 Å². The van der Waals surface area contributed by atoms with Crippen molar-refractivity contribution in [3.05, 3.63) is 64.2 Å². The van der Waals surface area contributed by atoms with Crippen molar-refractivity contribution in [1.29, 1.82) is 0 Å². The van der Waals surface area contributed by atoms with Crippen molar-refractivity contribution in [2.45, 2.75) is 49.9 Å². The molecule has 37 heavy (non-hydrogen) atoms. The molecule has 2 aliphatic rings. The maximum atomic E-state index is 14.5. The van der Waals surface area contributed by atoms with Gasteiger partial charge in [-0.3, -0.25) is 19.2 Å². The maximum Gasteiger partial charge on any atom is 0.406 e. The SMILES string of the molecule is O=C1C(N2CCC(n3c(=O)[nH]c4ncccc43)CC2)CCC(c2cccc(F)c2F)CN1CC(F)(F)F. The molecule has 0 saturated carbocycles. The first-order chi connectivity index (χ1) is 17.6. The molecule has 1 amide bonds. The van der Waals surface area contributed by atoms with E-state index in [1.807, 2.05) is 4.90 Å². The number of rotatable bonds is 4. The van der Waals surface area contributed by atoms with Gasteiger partial charge in [-0.05, 0) is 49.4 Å². The number of hydrogen-bond acceptors (Lipinski definition) is 4. The number of piperidine rings is 1. The molecular weight excluding hydrogens is 497 g/mol. The molecule has 2 aliphatic heterocycles. The van der Waals surface area contributed by atoms with E-state index in [1.165, 1.54) is 12.1 Å². The van der Waals surface area contributed by atoms with Crippen LogP contribution in [0.25, 0.3) is 11.2 Å². The van der Waals surface area contributed by atoms with Gasteiger partial charge in [-0.25, -0.2) is 18.6 Å². The molecule has 3 aromatic rings. The van der Waals surface area contributed by atoms with Crippen molar-refractivity contribution >= 4 is 17.1 Å². The molecule has 2 aromatic heterocycles. The number of pyridine rings is 1. The first-order valence-corrected chi connectivity index (χ1v) is 12.2. The molecule has 0 aliphatic carbocycles. The average molecular weight is 524 g/mol. The fraction of sp³-hybridized carbons (Fsp3) is 0.480. The van der Waals surface area contributed by atoms with Crippen LogP contribution in [-0.2, 0) is 4.79 Å². The number of imidazole rings is 1. The van der Waals surface area contributed by atoms with Gasteiger partial charge in [0.15, 0.2) is 17.3 Å². The van der Waals surface area contributed by atoms with Crippen molar-refractivity contribution in [3.63, 3.8) is 0 Å². The van der Waals surface area contributed by atoms with E-state index in [0.29, 0.717) is 37.1 Å². The topological polar surface area (TPSA) is 74.2 Å². The fourth-order valence-electron chi connectivity index (χ4n) is 5.70. The van der Waals surface area contributed by atoms with Gasteiger partial charge in [-0.1, -0.05) is 12.1 Å². The number of halogens is 5. The van der Waals surface area contributed by atoms with Crippen LogP contribution in [-0.4, -0.2) is 68.6 Å². The van der Waals surface area contributed by atoms with Crippen LogP contribution >= 0.6 is 0 Å². The normalized spacial score (nSPS) is 22.5. The summed E-state index contributed by atoms with van der Waals surface area (Å²) >= 11 is 0. The van der Waals surface area contributed by atoms with Gasteiger partial charge in [-0.15, -0.1) is 0 Å². The van der Waals surface area contributed by atoms with Crippen molar-refractivity contribution < 1.29 is 26.7 Å². The van der Waals surface area contributed by atoms with Crippen LogP contribution in [0.2, 0.25) is 0 Å². The zero-order valence-corrected chi connectivity index (χ0v) is 19.8. The van der Waals surface area contributed by atoms with Crippen molar-refractivity contribution in [2.75, 3.05) is 26.2 Å². The Labute approximate surface area is 208 Å². The van der Waals surface area contributed by atoms with E-state index in [1.54, 1.807) is 22.9 Å².